The number of hydrogen-bond donors (Lipinski definition) is 2. The van der Waals surface area contributed by atoms with E-state index >= 15 is 0 Å². The molecule has 90 valence electrons. The fourth-order valence-corrected chi connectivity index (χ4v) is 2.30. The zero-order chi connectivity index (χ0) is 11.4. The number of aromatic nitrogens is 3. The molecule has 1 fully saturated rings. The highest BCUT2D eigenvalue weighted by atomic mass is 32.1. The van der Waals surface area contributed by atoms with Crippen LogP contribution in [0.5, 0.6) is 0 Å². The van der Waals surface area contributed by atoms with Crippen LogP contribution in [0.4, 0.5) is 0 Å². The molecule has 1 aliphatic rings. The van der Waals surface area contributed by atoms with Gasteiger partial charge < -0.3 is 4.74 Å². The Kier molecular flexibility index (Phi) is 3.95. The molecule has 2 N–H and O–H groups in total. The van der Waals surface area contributed by atoms with E-state index in [9.17, 15) is 4.79 Å². The van der Waals surface area contributed by atoms with Gasteiger partial charge in [-0.25, -0.2) is 9.89 Å². The molecule has 0 aliphatic heterocycles. The molecule has 1 aliphatic carbocycles. The van der Waals surface area contributed by atoms with E-state index in [1.807, 2.05) is 0 Å². The average molecular weight is 243 g/mol. The number of nitrogens with one attached hydrogen (secondary N) is 2. The molecule has 0 spiro atoms. The minimum absolute atomic E-state index is 0.197. The van der Waals surface area contributed by atoms with Gasteiger partial charge in [0.05, 0.1) is 19.3 Å². The van der Waals surface area contributed by atoms with E-state index in [-0.39, 0.29) is 5.69 Å². The smallest absolute Gasteiger partial charge is 0.342 e. The molecular weight excluding hydrogens is 226 g/mol. The first kappa shape index (κ1) is 11.6. The van der Waals surface area contributed by atoms with E-state index < -0.39 is 0 Å². The van der Waals surface area contributed by atoms with Gasteiger partial charge in [0.25, 0.3) is 0 Å². The molecule has 0 radical (unpaired) electrons. The van der Waals surface area contributed by atoms with Crippen molar-refractivity contribution in [3.63, 3.8) is 0 Å². The van der Waals surface area contributed by atoms with E-state index in [2.05, 4.69) is 10.2 Å². The van der Waals surface area contributed by atoms with Crippen molar-refractivity contribution in [2.24, 2.45) is 0 Å². The molecule has 5 nitrogen and oxygen atoms in total. The van der Waals surface area contributed by atoms with Crippen LogP contribution in [0.1, 0.15) is 32.1 Å². The summed E-state index contributed by atoms with van der Waals surface area (Å²) in [6.07, 6.45) is 6.51. The second kappa shape index (κ2) is 5.45. The van der Waals surface area contributed by atoms with Crippen molar-refractivity contribution in [2.45, 2.75) is 44.8 Å². The number of nitrogens with zero attached hydrogens (tertiary/aromatic N) is 1. The number of H-pyrrole nitrogens is 2. The molecule has 0 saturated heterocycles. The Labute approximate surface area is 98.8 Å². The largest absolute Gasteiger partial charge is 0.376 e. The van der Waals surface area contributed by atoms with Crippen LogP contribution in [0.2, 0.25) is 0 Å². The molecule has 1 aromatic rings. The van der Waals surface area contributed by atoms with Crippen molar-refractivity contribution in [2.75, 3.05) is 6.61 Å². The van der Waals surface area contributed by atoms with Gasteiger partial charge in [-0.05, 0) is 25.1 Å². The van der Waals surface area contributed by atoms with Crippen molar-refractivity contribution >= 4 is 12.2 Å². The van der Waals surface area contributed by atoms with Gasteiger partial charge in [-0.1, -0.05) is 19.3 Å². The van der Waals surface area contributed by atoms with Crippen LogP contribution in [0.15, 0.2) is 4.79 Å². The molecule has 0 unspecified atom stereocenters. The Morgan fingerprint density at radius 3 is 2.69 bits per heavy atom. The van der Waals surface area contributed by atoms with E-state index in [4.69, 9.17) is 17.0 Å². The van der Waals surface area contributed by atoms with E-state index in [1.54, 1.807) is 0 Å². The van der Waals surface area contributed by atoms with Gasteiger partial charge in [-0.2, -0.15) is 0 Å². The fourth-order valence-electron chi connectivity index (χ4n) is 2.08. The zero-order valence-corrected chi connectivity index (χ0v) is 10.0. The van der Waals surface area contributed by atoms with Crippen molar-refractivity contribution < 1.29 is 4.74 Å². The predicted octanol–water partition coefficient (Wildman–Crippen LogP) is 1.58. The van der Waals surface area contributed by atoms with Crippen LogP contribution < -0.4 is 5.69 Å². The first-order chi connectivity index (χ1) is 7.77. The van der Waals surface area contributed by atoms with Crippen LogP contribution in [0.25, 0.3) is 0 Å². The summed E-state index contributed by atoms with van der Waals surface area (Å²) in [6, 6.07) is 0. The number of ether oxygens (including phenoxy) is 1. The fraction of sp³-hybridized carbons (Fsp3) is 0.800. The van der Waals surface area contributed by atoms with Gasteiger partial charge in [0, 0.05) is 0 Å². The summed E-state index contributed by atoms with van der Waals surface area (Å²) < 4.78 is 7.64. The van der Waals surface area contributed by atoms with Gasteiger partial charge in [-0.15, -0.1) is 0 Å². The summed E-state index contributed by atoms with van der Waals surface area (Å²) in [4.78, 5) is 11.3. The number of aromatic amines is 2. The molecule has 0 atom stereocenters. The van der Waals surface area contributed by atoms with Gasteiger partial charge in [0.1, 0.15) is 0 Å². The SMILES string of the molecule is O=c1[nH][nH]c(=S)n1CCOC1CCCCC1. The second-order valence-electron chi connectivity index (χ2n) is 4.14. The maximum absolute atomic E-state index is 11.3. The summed E-state index contributed by atoms with van der Waals surface area (Å²) in [7, 11) is 0. The topological polar surface area (TPSA) is 62.8 Å². The summed E-state index contributed by atoms with van der Waals surface area (Å²) in [5, 5.41) is 5.06. The first-order valence-electron chi connectivity index (χ1n) is 5.76. The highest BCUT2D eigenvalue weighted by molar-refractivity contribution is 7.71. The van der Waals surface area contributed by atoms with Gasteiger partial charge in [-0.3, -0.25) is 9.67 Å². The van der Waals surface area contributed by atoms with E-state index in [1.165, 1.54) is 23.8 Å². The molecule has 1 saturated carbocycles. The highest BCUT2D eigenvalue weighted by Gasteiger charge is 2.13. The third-order valence-electron chi connectivity index (χ3n) is 2.99. The van der Waals surface area contributed by atoms with Crippen molar-refractivity contribution in [1.82, 2.24) is 14.8 Å². The molecule has 16 heavy (non-hydrogen) atoms. The average Bonchev–Trinajstić information content (AvgIpc) is 2.62. The van der Waals surface area contributed by atoms with Crippen LogP contribution in [0.3, 0.4) is 0 Å². The summed E-state index contributed by atoms with van der Waals surface area (Å²) in [5.74, 6) is 0. The van der Waals surface area contributed by atoms with E-state index in [0.29, 0.717) is 24.0 Å². The molecule has 0 bridgehead atoms. The Hall–Kier alpha value is -0.880. The lowest BCUT2D eigenvalue weighted by molar-refractivity contribution is 0.0236. The van der Waals surface area contributed by atoms with Crippen molar-refractivity contribution in [3.8, 4) is 0 Å². The summed E-state index contributed by atoms with van der Waals surface area (Å²) in [6.45, 7) is 1.08. The molecular formula is C10H17N3O2S. The lowest BCUT2D eigenvalue weighted by Crippen LogP contribution is -2.23. The standard InChI is InChI=1S/C10H17N3O2S/c14-9-11-12-10(16)13(9)6-7-15-8-4-2-1-3-5-8/h8H,1-7H2,(H,11,14)(H,12,16). The third-order valence-corrected chi connectivity index (χ3v) is 3.31. The van der Waals surface area contributed by atoms with Gasteiger partial charge in [0.2, 0.25) is 0 Å². The number of hydrogen-bond acceptors (Lipinski definition) is 3. The van der Waals surface area contributed by atoms with Crippen molar-refractivity contribution in [1.29, 1.82) is 0 Å². The van der Waals surface area contributed by atoms with E-state index in [0.717, 1.165) is 12.8 Å². The summed E-state index contributed by atoms with van der Waals surface area (Å²) in [5.41, 5.74) is -0.197. The van der Waals surface area contributed by atoms with Gasteiger partial charge >= 0.3 is 5.69 Å². The Balaban J connectivity index is 1.79. The van der Waals surface area contributed by atoms with Crippen LogP contribution in [-0.4, -0.2) is 27.5 Å². The molecule has 6 heteroatoms. The lowest BCUT2D eigenvalue weighted by Gasteiger charge is -2.21. The summed E-state index contributed by atoms with van der Waals surface area (Å²) >= 11 is 4.96. The quantitative estimate of drug-likeness (QED) is 0.789. The maximum Gasteiger partial charge on any atom is 0.342 e. The van der Waals surface area contributed by atoms with Crippen molar-refractivity contribution in [3.05, 3.63) is 15.3 Å². The first-order valence-corrected chi connectivity index (χ1v) is 6.17. The minimum Gasteiger partial charge on any atom is -0.376 e. The maximum atomic E-state index is 11.3. The lowest BCUT2D eigenvalue weighted by atomic mass is 9.98. The number of rotatable bonds is 4. The molecule has 0 amide bonds. The van der Waals surface area contributed by atoms with Crippen LogP contribution in [-0.2, 0) is 11.3 Å². The normalized spacial score (nSPS) is 17.8. The highest BCUT2D eigenvalue weighted by Crippen LogP contribution is 2.19. The Bertz CT molecular complexity index is 400. The molecule has 0 aromatic carbocycles. The Morgan fingerprint density at radius 2 is 2.06 bits per heavy atom. The predicted molar refractivity (Wildman–Crippen MR) is 63.1 cm³/mol. The van der Waals surface area contributed by atoms with Crippen LogP contribution in [0, 0.1) is 4.77 Å². The monoisotopic (exact) mass is 243 g/mol. The minimum atomic E-state index is -0.197. The third kappa shape index (κ3) is 2.82. The molecule has 1 aromatic heterocycles. The zero-order valence-electron chi connectivity index (χ0n) is 9.20. The Morgan fingerprint density at radius 1 is 1.31 bits per heavy atom. The molecule has 1 heterocycles. The van der Waals surface area contributed by atoms with Gasteiger partial charge in [0.15, 0.2) is 4.77 Å². The molecule has 2 rings (SSSR count). The second-order valence-corrected chi connectivity index (χ2v) is 4.53. The van der Waals surface area contributed by atoms with Crippen LogP contribution >= 0.6 is 12.2 Å².